The van der Waals surface area contributed by atoms with Crippen molar-refractivity contribution >= 4 is 23.2 Å². The molecule has 0 aliphatic heterocycles. The van der Waals surface area contributed by atoms with E-state index in [2.05, 4.69) is 36.4 Å². The molecule has 0 heterocycles. The number of nitrogens with zero attached hydrogens (tertiary/aromatic N) is 3. The third kappa shape index (κ3) is 4.65. The van der Waals surface area contributed by atoms with Gasteiger partial charge in [0.1, 0.15) is 0 Å². The van der Waals surface area contributed by atoms with Crippen molar-refractivity contribution in [3.8, 4) is 12.3 Å². The lowest BCUT2D eigenvalue weighted by Gasteiger charge is -2.26. The third-order valence-electron chi connectivity index (χ3n) is 3.79. The van der Waals surface area contributed by atoms with Gasteiger partial charge in [-0.15, -0.1) is 0 Å². The molecular weight excluding hydrogens is 298 g/mol. The first-order chi connectivity index (χ1) is 10.5. The zero-order chi connectivity index (χ0) is 16.6. The van der Waals surface area contributed by atoms with E-state index in [-0.39, 0.29) is 5.54 Å². The van der Waals surface area contributed by atoms with Gasteiger partial charge in [0.05, 0.1) is 17.2 Å². The standard InChI is InChI=1S/C16H20ClN5/c1-4-16(5-2,6-3)22-15(20-11-19)21-14-8-12(10-18)7-13(17)9-14/h7-9H,4-6H2,1-3H3,(H2,20,21,22). The molecule has 2 N–H and O–H groups in total. The van der Waals surface area contributed by atoms with Gasteiger partial charge in [-0.25, -0.2) is 4.99 Å². The van der Waals surface area contributed by atoms with Gasteiger partial charge < -0.3 is 5.32 Å². The summed E-state index contributed by atoms with van der Waals surface area (Å²) in [7, 11) is 0. The SMILES string of the molecule is CCC(CC)(CC)N=C(NC#N)Nc1cc(Cl)cc(C#N)c1. The van der Waals surface area contributed by atoms with Crippen LogP contribution < -0.4 is 10.6 Å². The summed E-state index contributed by atoms with van der Waals surface area (Å²) in [6, 6.07) is 6.97. The molecule has 5 nitrogen and oxygen atoms in total. The lowest BCUT2D eigenvalue weighted by atomic mass is 9.91. The molecule has 0 fully saturated rings. The molecule has 0 saturated carbocycles. The summed E-state index contributed by atoms with van der Waals surface area (Å²) in [4.78, 5) is 4.68. The Hall–Kier alpha value is -2.24. The number of anilines is 1. The highest BCUT2D eigenvalue weighted by atomic mass is 35.5. The predicted molar refractivity (Wildman–Crippen MR) is 89.6 cm³/mol. The fraction of sp³-hybridized carbons (Fsp3) is 0.438. The first-order valence-corrected chi connectivity index (χ1v) is 7.63. The first-order valence-electron chi connectivity index (χ1n) is 7.25. The lowest BCUT2D eigenvalue weighted by Crippen LogP contribution is -2.34. The van der Waals surface area contributed by atoms with E-state index in [1.807, 2.05) is 12.3 Å². The lowest BCUT2D eigenvalue weighted by molar-refractivity contribution is 0.385. The van der Waals surface area contributed by atoms with E-state index in [9.17, 15) is 0 Å². The van der Waals surface area contributed by atoms with Gasteiger partial charge in [0, 0.05) is 10.7 Å². The molecule has 1 aromatic rings. The van der Waals surface area contributed by atoms with Gasteiger partial charge in [0.15, 0.2) is 6.19 Å². The van der Waals surface area contributed by atoms with Crippen LogP contribution in [0, 0.1) is 22.8 Å². The van der Waals surface area contributed by atoms with Gasteiger partial charge in [-0.3, -0.25) is 5.32 Å². The molecule has 6 heteroatoms. The average molecular weight is 318 g/mol. The Morgan fingerprint density at radius 1 is 1.18 bits per heavy atom. The van der Waals surface area contributed by atoms with Crippen molar-refractivity contribution in [2.45, 2.75) is 45.6 Å². The Morgan fingerprint density at radius 2 is 1.82 bits per heavy atom. The van der Waals surface area contributed by atoms with Crippen molar-refractivity contribution in [3.63, 3.8) is 0 Å². The number of hydrogen-bond donors (Lipinski definition) is 2. The Morgan fingerprint density at radius 3 is 2.32 bits per heavy atom. The van der Waals surface area contributed by atoms with Crippen molar-refractivity contribution in [2.75, 3.05) is 5.32 Å². The molecule has 1 rings (SSSR count). The normalized spacial score (nSPS) is 11.5. The maximum absolute atomic E-state index is 8.99. The van der Waals surface area contributed by atoms with E-state index in [1.54, 1.807) is 18.2 Å². The van der Waals surface area contributed by atoms with Crippen LogP contribution in [0.15, 0.2) is 23.2 Å². The summed E-state index contributed by atoms with van der Waals surface area (Å²) >= 11 is 5.99. The molecule has 0 aromatic heterocycles. The first kappa shape index (κ1) is 17.8. The maximum Gasteiger partial charge on any atom is 0.209 e. The van der Waals surface area contributed by atoms with Crippen molar-refractivity contribution in [3.05, 3.63) is 28.8 Å². The molecule has 0 spiro atoms. The Labute approximate surface area is 136 Å². The van der Waals surface area contributed by atoms with Crippen LogP contribution in [0.5, 0.6) is 0 Å². The molecule has 0 aliphatic carbocycles. The number of hydrogen-bond acceptors (Lipinski definition) is 3. The molecule has 0 saturated heterocycles. The third-order valence-corrected chi connectivity index (χ3v) is 4.01. The van der Waals surface area contributed by atoms with Gasteiger partial charge in [-0.1, -0.05) is 32.4 Å². The molecule has 0 amide bonds. The molecule has 0 aliphatic rings. The number of guanidine groups is 1. The minimum absolute atomic E-state index is 0.219. The summed E-state index contributed by atoms with van der Waals surface area (Å²) < 4.78 is 0. The minimum Gasteiger partial charge on any atom is -0.325 e. The topological polar surface area (TPSA) is 84.0 Å². The smallest absolute Gasteiger partial charge is 0.209 e. The minimum atomic E-state index is -0.219. The fourth-order valence-electron chi connectivity index (χ4n) is 2.23. The Balaban J connectivity index is 3.15. The van der Waals surface area contributed by atoms with Crippen LogP contribution in [0.2, 0.25) is 5.02 Å². The van der Waals surface area contributed by atoms with Crippen molar-refractivity contribution in [1.29, 1.82) is 10.5 Å². The van der Waals surface area contributed by atoms with Gasteiger partial charge in [-0.05, 0) is 37.5 Å². The van der Waals surface area contributed by atoms with E-state index in [0.717, 1.165) is 19.3 Å². The molecule has 0 unspecified atom stereocenters. The Bertz CT molecular complexity index is 612. The van der Waals surface area contributed by atoms with E-state index in [4.69, 9.17) is 22.1 Å². The largest absolute Gasteiger partial charge is 0.325 e. The van der Waals surface area contributed by atoms with Crippen molar-refractivity contribution in [2.24, 2.45) is 4.99 Å². The summed E-state index contributed by atoms with van der Waals surface area (Å²) in [5, 5.41) is 24.0. The zero-order valence-electron chi connectivity index (χ0n) is 13.1. The van der Waals surface area contributed by atoms with Crippen molar-refractivity contribution in [1.82, 2.24) is 5.32 Å². The summed E-state index contributed by atoms with van der Waals surface area (Å²) in [6.45, 7) is 6.23. The average Bonchev–Trinajstić information content (AvgIpc) is 2.52. The molecule has 1 aromatic carbocycles. The van der Waals surface area contributed by atoms with Crippen LogP contribution in [0.4, 0.5) is 5.69 Å². The van der Waals surface area contributed by atoms with E-state index in [1.165, 1.54) is 0 Å². The highest BCUT2D eigenvalue weighted by Gasteiger charge is 2.23. The molecule has 0 bridgehead atoms. The number of nitriles is 2. The molecule has 22 heavy (non-hydrogen) atoms. The van der Waals surface area contributed by atoms with E-state index < -0.39 is 0 Å². The number of aliphatic imine (C=N–C) groups is 1. The highest BCUT2D eigenvalue weighted by Crippen LogP contribution is 2.25. The van der Waals surface area contributed by atoms with Gasteiger partial charge in [0.2, 0.25) is 5.96 Å². The van der Waals surface area contributed by atoms with Gasteiger partial charge >= 0.3 is 0 Å². The number of rotatable bonds is 5. The summed E-state index contributed by atoms with van der Waals surface area (Å²) in [6.07, 6.45) is 4.50. The van der Waals surface area contributed by atoms with Crippen LogP contribution in [-0.4, -0.2) is 11.5 Å². The van der Waals surface area contributed by atoms with Crippen molar-refractivity contribution < 1.29 is 0 Å². The van der Waals surface area contributed by atoms with Gasteiger partial charge in [-0.2, -0.15) is 10.5 Å². The second kappa shape index (κ2) is 8.26. The van der Waals surface area contributed by atoms with Crippen LogP contribution in [0.1, 0.15) is 45.6 Å². The summed E-state index contributed by atoms with van der Waals surface area (Å²) in [5.41, 5.74) is 0.838. The fourth-order valence-corrected chi connectivity index (χ4v) is 2.46. The monoisotopic (exact) mass is 317 g/mol. The number of halogens is 1. The number of benzene rings is 1. The van der Waals surface area contributed by atoms with Crippen LogP contribution in [0.25, 0.3) is 0 Å². The molecule has 0 atom stereocenters. The number of nitrogens with one attached hydrogen (secondary N) is 2. The second-order valence-electron chi connectivity index (χ2n) is 4.95. The zero-order valence-corrected chi connectivity index (χ0v) is 13.8. The van der Waals surface area contributed by atoms with Crippen LogP contribution >= 0.6 is 11.6 Å². The maximum atomic E-state index is 8.99. The molecule has 0 radical (unpaired) electrons. The van der Waals surface area contributed by atoms with E-state index in [0.29, 0.717) is 22.2 Å². The molecule has 116 valence electrons. The van der Waals surface area contributed by atoms with E-state index >= 15 is 0 Å². The Kier molecular flexibility index (Phi) is 6.69. The summed E-state index contributed by atoms with van der Waals surface area (Å²) in [5.74, 6) is 0.360. The second-order valence-corrected chi connectivity index (χ2v) is 5.38. The quantitative estimate of drug-likeness (QED) is 0.372. The molecular formula is C16H20ClN5. The van der Waals surface area contributed by atoms with Crippen LogP contribution in [0.3, 0.4) is 0 Å². The van der Waals surface area contributed by atoms with Gasteiger partial charge in [0.25, 0.3) is 0 Å². The van der Waals surface area contributed by atoms with Crippen LogP contribution in [-0.2, 0) is 0 Å². The highest BCUT2D eigenvalue weighted by molar-refractivity contribution is 6.31. The predicted octanol–water partition coefficient (Wildman–Crippen LogP) is 4.02.